The average molecular weight is 455 g/mol. The van der Waals surface area contributed by atoms with Gasteiger partial charge in [0.15, 0.2) is 0 Å². The molecule has 1 fully saturated rings. The van der Waals surface area contributed by atoms with Crippen molar-refractivity contribution in [1.82, 2.24) is 15.1 Å². The Bertz CT molecular complexity index is 1140. The maximum Gasteiger partial charge on any atom is 0.255 e. The zero-order valence-electron chi connectivity index (χ0n) is 19.7. The molecule has 0 radical (unpaired) electrons. The average Bonchev–Trinajstić information content (AvgIpc) is 2.90. The Labute approximate surface area is 200 Å². The molecule has 7 nitrogen and oxygen atoms in total. The Balaban J connectivity index is 1.62. The number of hydrogen-bond acceptors (Lipinski definition) is 6. The second-order valence-corrected chi connectivity index (χ2v) is 8.68. The summed E-state index contributed by atoms with van der Waals surface area (Å²) in [7, 11) is 2.18. The molecule has 1 amide bonds. The molecular weight excluding hydrogens is 424 g/mol. The Kier molecular flexibility index (Phi) is 7.88. The first kappa shape index (κ1) is 23.4. The zero-order valence-corrected chi connectivity index (χ0v) is 19.7. The van der Waals surface area contributed by atoms with Crippen molar-refractivity contribution >= 4 is 29.6 Å². The molecule has 2 aromatic rings. The molecular formula is C27H30N6O. The van der Waals surface area contributed by atoms with Crippen LogP contribution in [0.1, 0.15) is 35.7 Å². The maximum absolute atomic E-state index is 12.6. The number of rotatable bonds is 4. The summed E-state index contributed by atoms with van der Waals surface area (Å²) in [6, 6.07) is 9.38. The highest BCUT2D eigenvalue weighted by molar-refractivity contribution is 6.04. The van der Waals surface area contributed by atoms with E-state index in [1.165, 1.54) is 11.8 Å². The van der Waals surface area contributed by atoms with Gasteiger partial charge in [-0.25, -0.2) is 0 Å². The molecule has 174 valence electrons. The van der Waals surface area contributed by atoms with E-state index in [0.717, 1.165) is 42.6 Å². The molecule has 0 aliphatic carbocycles. The van der Waals surface area contributed by atoms with Crippen LogP contribution in [0.3, 0.4) is 0 Å². The molecule has 3 heterocycles. The Morgan fingerprint density at radius 2 is 1.85 bits per heavy atom. The van der Waals surface area contributed by atoms with Gasteiger partial charge < -0.3 is 10.2 Å². The molecule has 0 bridgehead atoms. The van der Waals surface area contributed by atoms with Crippen LogP contribution in [0.4, 0.5) is 5.69 Å². The van der Waals surface area contributed by atoms with Crippen LogP contribution in [0.15, 0.2) is 82.2 Å². The first-order valence-electron chi connectivity index (χ1n) is 11.6. The number of amides is 1. The van der Waals surface area contributed by atoms with Gasteiger partial charge >= 0.3 is 0 Å². The SMILES string of the molecule is CC1=CN=CCN=C/C(C2CCN(C)CC2)=C/C(c2ccc(C(=O)Nc3ccnnc3)cc2)=C1. The number of aromatic nitrogens is 2. The van der Waals surface area contributed by atoms with E-state index >= 15 is 0 Å². The normalized spacial score (nSPS) is 19.4. The summed E-state index contributed by atoms with van der Waals surface area (Å²) < 4.78 is 0. The Morgan fingerprint density at radius 1 is 1.06 bits per heavy atom. The van der Waals surface area contributed by atoms with E-state index in [-0.39, 0.29) is 5.91 Å². The minimum atomic E-state index is -0.184. The van der Waals surface area contributed by atoms with Crippen molar-refractivity contribution in [3.8, 4) is 0 Å². The van der Waals surface area contributed by atoms with Gasteiger partial charge in [0.1, 0.15) is 0 Å². The van der Waals surface area contributed by atoms with Gasteiger partial charge in [-0.2, -0.15) is 10.2 Å². The molecule has 1 N–H and O–H groups in total. The molecule has 0 atom stereocenters. The molecule has 2 aliphatic heterocycles. The largest absolute Gasteiger partial charge is 0.320 e. The Morgan fingerprint density at radius 3 is 2.59 bits per heavy atom. The van der Waals surface area contributed by atoms with Gasteiger partial charge in [-0.05, 0) is 98.5 Å². The zero-order chi connectivity index (χ0) is 23.8. The van der Waals surface area contributed by atoms with E-state index < -0.39 is 0 Å². The molecule has 0 unspecified atom stereocenters. The monoisotopic (exact) mass is 454 g/mol. The third-order valence-corrected chi connectivity index (χ3v) is 6.03. The lowest BCUT2D eigenvalue weighted by Gasteiger charge is -2.29. The van der Waals surface area contributed by atoms with E-state index in [2.05, 4.69) is 49.6 Å². The van der Waals surface area contributed by atoms with Crippen LogP contribution in [0.25, 0.3) is 5.57 Å². The van der Waals surface area contributed by atoms with E-state index in [9.17, 15) is 4.79 Å². The third-order valence-electron chi connectivity index (χ3n) is 6.03. The number of carbonyl (C=O) groups excluding carboxylic acids is 1. The highest BCUT2D eigenvalue weighted by Gasteiger charge is 2.20. The molecule has 1 aromatic carbocycles. The minimum absolute atomic E-state index is 0.184. The summed E-state index contributed by atoms with van der Waals surface area (Å²) in [6.07, 6.45) is 15.4. The summed E-state index contributed by atoms with van der Waals surface area (Å²) >= 11 is 0. The number of benzene rings is 1. The van der Waals surface area contributed by atoms with E-state index in [0.29, 0.717) is 23.7 Å². The topological polar surface area (TPSA) is 82.8 Å². The highest BCUT2D eigenvalue weighted by Crippen LogP contribution is 2.28. The van der Waals surface area contributed by atoms with Crippen LogP contribution in [0.2, 0.25) is 0 Å². The van der Waals surface area contributed by atoms with Crippen molar-refractivity contribution in [3.05, 3.63) is 83.4 Å². The highest BCUT2D eigenvalue weighted by atomic mass is 16.1. The van der Waals surface area contributed by atoms with E-state index in [1.54, 1.807) is 12.3 Å². The van der Waals surface area contributed by atoms with E-state index in [4.69, 9.17) is 0 Å². The number of anilines is 1. The van der Waals surface area contributed by atoms with Crippen LogP contribution in [0, 0.1) is 5.92 Å². The summed E-state index contributed by atoms with van der Waals surface area (Å²) in [5, 5.41) is 10.4. The number of allylic oxidation sites excluding steroid dienone is 5. The lowest BCUT2D eigenvalue weighted by atomic mass is 9.87. The Hall–Kier alpha value is -3.71. The number of carbonyl (C=O) groups is 1. The van der Waals surface area contributed by atoms with Crippen LogP contribution in [0.5, 0.6) is 0 Å². The van der Waals surface area contributed by atoms with Gasteiger partial charge in [0.25, 0.3) is 5.91 Å². The van der Waals surface area contributed by atoms with Crippen molar-refractivity contribution in [2.24, 2.45) is 15.9 Å². The molecule has 2 aliphatic rings. The summed E-state index contributed by atoms with van der Waals surface area (Å²) in [4.78, 5) is 24.0. The molecule has 34 heavy (non-hydrogen) atoms. The number of piperidine rings is 1. The molecule has 7 heteroatoms. The van der Waals surface area contributed by atoms with Crippen LogP contribution < -0.4 is 5.32 Å². The molecule has 0 saturated carbocycles. The molecule has 0 spiro atoms. The van der Waals surface area contributed by atoms with Gasteiger partial charge in [-0.3, -0.25) is 14.8 Å². The van der Waals surface area contributed by atoms with Crippen LogP contribution >= 0.6 is 0 Å². The number of likely N-dealkylation sites (tertiary alicyclic amines) is 1. The van der Waals surface area contributed by atoms with Crippen molar-refractivity contribution in [2.75, 3.05) is 32.0 Å². The van der Waals surface area contributed by atoms with Gasteiger partial charge in [0.2, 0.25) is 0 Å². The fraction of sp³-hybridized carbons (Fsp3) is 0.296. The third kappa shape index (κ3) is 6.42. The van der Waals surface area contributed by atoms with E-state index in [1.807, 2.05) is 49.8 Å². The molecule has 4 rings (SSSR count). The summed E-state index contributed by atoms with van der Waals surface area (Å²) in [5.74, 6) is 0.292. The minimum Gasteiger partial charge on any atom is -0.320 e. The number of nitrogens with one attached hydrogen (secondary N) is 1. The first-order chi connectivity index (χ1) is 16.6. The lowest BCUT2D eigenvalue weighted by molar-refractivity contribution is 0.102. The lowest BCUT2D eigenvalue weighted by Crippen LogP contribution is -2.31. The van der Waals surface area contributed by atoms with Gasteiger partial charge in [-0.15, -0.1) is 0 Å². The van der Waals surface area contributed by atoms with Crippen LogP contribution in [-0.4, -0.2) is 60.1 Å². The van der Waals surface area contributed by atoms with Gasteiger partial charge in [0, 0.05) is 24.2 Å². The quantitative estimate of drug-likeness (QED) is 0.740. The van der Waals surface area contributed by atoms with Crippen molar-refractivity contribution in [3.63, 3.8) is 0 Å². The summed E-state index contributed by atoms with van der Waals surface area (Å²) in [5.41, 5.74) is 5.61. The number of hydrogen-bond donors (Lipinski definition) is 1. The number of aliphatic imine (C=N–C) groups is 2. The number of nitrogens with zero attached hydrogens (tertiary/aromatic N) is 5. The fourth-order valence-corrected chi connectivity index (χ4v) is 4.08. The second-order valence-electron chi connectivity index (χ2n) is 8.68. The second kappa shape index (κ2) is 11.4. The molecule has 1 aromatic heterocycles. The predicted molar refractivity (Wildman–Crippen MR) is 138 cm³/mol. The molecule has 1 saturated heterocycles. The van der Waals surface area contributed by atoms with Crippen molar-refractivity contribution < 1.29 is 4.79 Å². The summed E-state index contributed by atoms with van der Waals surface area (Å²) in [6.45, 7) is 4.79. The fourth-order valence-electron chi connectivity index (χ4n) is 4.08. The van der Waals surface area contributed by atoms with Crippen molar-refractivity contribution in [1.29, 1.82) is 0 Å². The van der Waals surface area contributed by atoms with Crippen molar-refractivity contribution in [2.45, 2.75) is 19.8 Å². The predicted octanol–water partition coefficient (Wildman–Crippen LogP) is 4.44. The van der Waals surface area contributed by atoms with Crippen LogP contribution in [-0.2, 0) is 0 Å². The standard InChI is InChI=1S/C27H30N6O/c1-20-15-24(16-25(18-29-12-11-28-17-20)22-8-13-33(2)14-9-22)21-3-5-23(6-4-21)27(34)32-26-7-10-30-31-19-26/h3-7,10-11,15-19,22H,8-9,12-14H2,1-2H3,(H,30,32,34)/b20-17?,24-15?,25-16-,28-11?,29-18?. The maximum atomic E-state index is 12.6. The van der Waals surface area contributed by atoms with Gasteiger partial charge in [-0.1, -0.05) is 12.1 Å². The first-order valence-corrected chi connectivity index (χ1v) is 11.6. The van der Waals surface area contributed by atoms with Gasteiger partial charge in [0.05, 0.1) is 24.6 Å². The smallest absolute Gasteiger partial charge is 0.255 e.